The maximum Gasteiger partial charge on any atom is 0.0568 e. The lowest BCUT2D eigenvalue weighted by atomic mass is 9.92. The minimum absolute atomic E-state index is 0.107. The lowest BCUT2D eigenvalue weighted by Gasteiger charge is -2.17. The van der Waals surface area contributed by atoms with Crippen LogP contribution in [-0.4, -0.2) is 11.2 Å². The van der Waals surface area contributed by atoms with Crippen LogP contribution in [0, 0.1) is 5.41 Å². The minimum atomic E-state index is -0.107. The summed E-state index contributed by atoms with van der Waals surface area (Å²) in [5, 5.41) is 9.66. The average Bonchev–Trinajstić information content (AvgIpc) is 3.07. The van der Waals surface area contributed by atoms with Crippen LogP contribution in [0.5, 0.6) is 0 Å². The molecule has 1 fully saturated rings. The second-order valence-electron chi connectivity index (χ2n) is 5.23. The van der Waals surface area contributed by atoms with E-state index in [-0.39, 0.29) is 6.10 Å². The molecule has 0 aliphatic heterocycles. The molecule has 1 N–H and O–H groups in total. The molecule has 0 bridgehead atoms. The van der Waals surface area contributed by atoms with Gasteiger partial charge >= 0.3 is 0 Å². The molecule has 1 atom stereocenters. The van der Waals surface area contributed by atoms with Crippen LogP contribution >= 0.6 is 0 Å². The van der Waals surface area contributed by atoms with E-state index in [1.807, 2.05) is 6.92 Å². The van der Waals surface area contributed by atoms with Crippen molar-refractivity contribution < 1.29 is 5.11 Å². The van der Waals surface area contributed by atoms with Crippen LogP contribution in [0.25, 0.3) is 0 Å². The van der Waals surface area contributed by atoms with Gasteiger partial charge < -0.3 is 5.11 Å². The van der Waals surface area contributed by atoms with Crippen molar-refractivity contribution in [3.8, 4) is 0 Å². The molecule has 88 valence electrons. The minimum Gasteiger partial charge on any atom is -0.393 e. The van der Waals surface area contributed by atoms with Crippen molar-refractivity contribution in [2.24, 2.45) is 5.41 Å². The molecule has 0 radical (unpaired) electrons. The van der Waals surface area contributed by atoms with Crippen molar-refractivity contribution in [2.45, 2.75) is 51.6 Å². The van der Waals surface area contributed by atoms with E-state index in [4.69, 9.17) is 0 Å². The van der Waals surface area contributed by atoms with E-state index in [1.54, 1.807) is 0 Å². The molecule has 1 unspecified atom stereocenters. The molecule has 0 heterocycles. The third-order valence-corrected chi connectivity index (χ3v) is 4.01. The summed E-state index contributed by atoms with van der Waals surface area (Å²) >= 11 is 0. The second kappa shape index (κ2) is 5.01. The number of hydrogen-bond donors (Lipinski definition) is 1. The zero-order valence-electron chi connectivity index (χ0n) is 10.2. The molecule has 1 nitrogen and oxygen atoms in total. The Morgan fingerprint density at radius 3 is 2.44 bits per heavy atom. The topological polar surface area (TPSA) is 20.2 Å². The van der Waals surface area contributed by atoms with Gasteiger partial charge in [-0.3, -0.25) is 0 Å². The van der Waals surface area contributed by atoms with Gasteiger partial charge in [-0.15, -0.1) is 0 Å². The Kier molecular flexibility index (Phi) is 3.65. The highest BCUT2D eigenvalue weighted by molar-refractivity contribution is 5.14. The van der Waals surface area contributed by atoms with Gasteiger partial charge in [0.1, 0.15) is 0 Å². The third kappa shape index (κ3) is 2.85. The van der Waals surface area contributed by atoms with Crippen molar-refractivity contribution >= 4 is 0 Å². The number of hydrogen-bond acceptors (Lipinski definition) is 1. The average molecular weight is 218 g/mol. The Hall–Kier alpha value is -0.820. The second-order valence-corrected chi connectivity index (χ2v) is 5.23. The van der Waals surface area contributed by atoms with E-state index in [2.05, 4.69) is 30.3 Å². The molecule has 0 saturated heterocycles. The molecule has 0 amide bonds. The summed E-state index contributed by atoms with van der Waals surface area (Å²) in [6.45, 7) is 1.95. The summed E-state index contributed by atoms with van der Waals surface area (Å²) in [5.41, 5.74) is 1.74. The fourth-order valence-corrected chi connectivity index (χ4v) is 2.49. The van der Waals surface area contributed by atoms with E-state index in [1.165, 1.54) is 44.1 Å². The fraction of sp³-hybridized carbons (Fsp3) is 0.600. The van der Waals surface area contributed by atoms with Crippen molar-refractivity contribution in [3.63, 3.8) is 0 Å². The monoisotopic (exact) mass is 218 g/mol. The first-order chi connectivity index (χ1) is 7.73. The van der Waals surface area contributed by atoms with Gasteiger partial charge in [0, 0.05) is 0 Å². The summed E-state index contributed by atoms with van der Waals surface area (Å²) in [4.78, 5) is 0. The highest BCUT2D eigenvalue weighted by Crippen LogP contribution is 2.52. The highest BCUT2D eigenvalue weighted by Gasteiger charge is 2.45. The summed E-state index contributed by atoms with van der Waals surface area (Å²) in [5.74, 6) is 0. The molecule has 0 spiro atoms. The van der Waals surface area contributed by atoms with Crippen LogP contribution in [-0.2, 0) is 6.42 Å². The van der Waals surface area contributed by atoms with Gasteiger partial charge in [0.2, 0.25) is 0 Å². The van der Waals surface area contributed by atoms with Crippen LogP contribution in [0.2, 0.25) is 0 Å². The van der Waals surface area contributed by atoms with Crippen molar-refractivity contribution in [1.82, 2.24) is 0 Å². The Labute approximate surface area is 98.5 Å². The predicted octanol–water partition coefficient (Wildman–Crippen LogP) is 3.56. The predicted molar refractivity (Wildman–Crippen MR) is 67.3 cm³/mol. The molecule has 16 heavy (non-hydrogen) atoms. The maximum atomic E-state index is 9.66. The SMILES string of the molecule is CC(O)C1(CCCCc2ccccc2)CC1. The Bertz CT molecular complexity index is 311. The summed E-state index contributed by atoms with van der Waals surface area (Å²) in [7, 11) is 0. The molecule has 1 aliphatic rings. The number of aliphatic hydroxyl groups is 1. The van der Waals surface area contributed by atoms with Gasteiger partial charge in [0.15, 0.2) is 0 Å². The fourth-order valence-electron chi connectivity index (χ4n) is 2.49. The molecule has 1 aromatic carbocycles. The lowest BCUT2D eigenvalue weighted by Crippen LogP contribution is -2.17. The van der Waals surface area contributed by atoms with E-state index in [9.17, 15) is 5.11 Å². The number of unbranched alkanes of at least 4 members (excludes halogenated alkanes) is 1. The number of aryl methyl sites for hydroxylation is 1. The molecule has 1 aliphatic carbocycles. The molecule has 2 rings (SSSR count). The number of aliphatic hydroxyl groups excluding tert-OH is 1. The number of benzene rings is 1. The largest absolute Gasteiger partial charge is 0.393 e. The quantitative estimate of drug-likeness (QED) is 0.724. The first-order valence-corrected chi connectivity index (χ1v) is 6.45. The Morgan fingerprint density at radius 1 is 1.19 bits per heavy atom. The molecular weight excluding hydrogens is 196 g/mol. The van der Waals surface area contributed by atoms with Crippen LogP contribution in [0.4, 0.5) is 0 Å². The van der Waals surface area contributed by atoms with Crippen LogP contribution < -0.4 is 0 Å². The van der Waals surface area contributed by atoms with Gasteiger partial charge in [-0.05, 0) is 50.0 Å². The van der Waals surface area contributed by atoms with Crippen LogP contribution in [0.15, 0.2) is 30.3 Å². The first kappa shape index (κ1) is 11.7. The lowest BCUT2D eigenvalue weighted by molar-refractivity contribution is 0.103. The summed E-state index contributed by atoms with van der Waals surface area (Å²) in [6.07, 6.45) is 7.24. The zero-order chi connectivity index (χ0) is 11.4. The molecule has 1 saturated carbocycles. The van der Waals surface area contributed by atoms with Crippen molar-refractivity contribution in [1.29, 1.82) is 0 Å². The van der Waals surface area contributed by atoms with Crippen molar-refractivity contribution in [3.05, 3.63) is 35.9 Å². The van der Waals surface area contributed by atoms with Gasteiger partial charge in [-0.2, -0.15) is 0 Å². The van der Waals surface area contributed by atoms with Gasteiger partial charge in [-0.1, -0.05) is 36.8 Å². The zero-order valence-corrected chi connectivity index (χ0v) is 10.2. The standard InChI is InChI=1S/C15H22O/c1-13(16)15(11-12-15)10-6-5-9-14-7-3-2-4-8-14/h2-4,7-8,13,16H,5-6,9-12H2,1H3. The van der Waals surface area contributed by atoms with Crippen LogP contribution in [0.3, 0.4) is 0 Å². The van der Waals surface area contributed by atoms with E-state index in [0.29, 0.717) is 5.41 Å². The normalized spacial score (nSPS) is 19.4. The van der Waals surface area contributed by atoms with E-state index < -0.39 is 0 Å². The van der Waals surface area contributed by atoms with Gasteiger partial charge in [0.25, 0.3) is 0 Å². The Morgan fingerprint density at radius 2 is 1.88 bits per heavy atom. The Balaban J connectivity index is 1.66. The van der Waals surface area contributed by atoms with E-state index in [0.717, 1.165) is 0 Å². The first-order valence-electron chi connectivity index (χ1n) is 6.45. The van der Waals surface area contributed by atoms with Gasteiger partial charge in [-0.25, -0.2) is 0 Å². The summed E-state index contributed by atoms with van der Waals surface area (Å²) in [6, 6.07) is 10.7. The van der Waals surface area contributed by atoms with Crippen molar-refractivity contribution in [2.75, 3.05) is 0 Å². The maximum absolute atomic E-state index is 9.66. The molecule has 1 heteroatoms. The molecule has 0 aromatic heterocycles. The molecule has 1 aromatic rings. The molecular formula is C15H22O. The smallest absolute Gasteiger partial charge is 0.0568 e. The van der Waals surface area contributed by atoms with Gasteiger partial charge in [0.05, 0.1) is 6.10 Å². The summed E-state index contributed by atoms with van der Waals surface area (Å²) < 4.78 is 0. The highest BCUT2D eigenvalue weighted by atomic mass is 16.3. The van der Waals surface area contributed by atoms with Crippen LogP contribution in [0.1, 0.15) is 44.6 Å². The number of rotatable bonds is 6. The van der Waals surface area contributed by atoms with E-state index >= 15 is 0 Å². The third-order valence-electron chi connectivity index (χ3n) is 4.01.